The average Bonchev–Trinajstić information content (AvgIpc) is 2.88. The Morgan fingerprint density at radius 1 is 1.06 bits per heavy atom. The molecular weight excluding hydrogens is 220 g/mol. The molecule has 17 heavy (non-hydrogen) atoms. The standard InChI is InChI=1S/C12H22N2O3/c15-12(14-9-11-2-1-5-17-11)13-8-10-3-6-16-7-4-10/h10-11H,1-9H2,(H2,13,14,15). The predicted octanol–water partition coefficient (Wildman–Crippen LogP) is 0.891. The van der Waals surface area contributed by atoms with Crippen LogP contribution in [0, 0.1) is 5.92 Å². The lowest BCUT2D eigenvalue weighted by Crippen LogP contribution is -2.42. The van der Waals surface area contributed by atoms with Crippen molar-refractivity contribution in [2.24, 2.45) is 5.92 Å². The molecule has 2 N–H and O–H groups in total. The number of hydrogen-bond acceptors (Lipinski definition) is 3. The van der Waals surface area contributed by atoms with Crippen molar-refractivity contribution in [2.45, 2.75) is 31.8 Å². The Bertz CT molecular complexity index is 236. The van der Waals surface area contributed by atoms with Crippen molar-refractivity contribution >= 4 is 6.03 Å². The zero-order valence-corrected chi connectivity index (χ0v) is 10.2. The van der Waals surface area contributed by atoms with Crippen molar-refractivity contribution in [1.82, 2.24) is 10.6 Å². The second-order valence-electron chi connectivity index (χ2n) is 4.78. The first-order valence-electron chi connectivity index (χ1n) is 6.55. The molecule has 0 radical (unpaired) electrons. The maximum atomic E-state index is 11.5. The van der Waals surface area contributed by atoms with Gasteiger partial charge >= 0.3 is 6.03 Å². The molecule has 2 fully saturated rings. The minimum Gasteiger partial charge on any atom is -0.381 e. The van der Waals surface area contributed by atoms with Gasteiger partial charge in [0.15, 0.2) is 0 Å². The molecule has 2 aliphatic heterocycles. The number of amides is 2. The van der Waals surface area contributed by atoms with E-state index in [4.69, 9.17) is 9.47 Å². The second kappa shape index (κ2) is 6.81. The Kier molecular flexibility index (Phi) is 5.07. The summed E-state index contributed by atoms with van der Waals surface area (Å²) in [5, 5.41) is 5.77. The summed E-state index contributed by atoms with van der Waals surface area (Å²) in [4.78, 5) is 11.5. The average molecular weight is 242 g/mol. The van der Waals surface area contributed by atoms with Gasteiger partial charge in [-0.3, -0.25) is 0 Å². The first-order chi connectivity index (χ1) is 8.34. The third-order valence-electron chi connectivity index (χ3n) is 3.41. The molecule has 1 unspecified atom stereocenters. The lowest BCUT2D eigenvalue weighted by molar-refractivity contribution is 0.0668. The Morgan fingerprint density at radius 3 is 2.53 bits per heavy atom. The van der Waals surface area contributed by atoms with E-state index < -0.39 is 0 Å². The largest absolute Gasteiger partial charge is 0.381 e. The third kappa shape index (κ3) is 4.52. The van der Waals surface area contributed by atoms with E-state index in [1.165, 1.54) is 0 Å². The zero-order valence-electron chi connectivity index (χ0n) is 10.2. The third-order valence-corrected chi connectivity index (χ3v) is 3.41. The quantitative estimate of drug-likeness (QED) is 0.769. The van der Waals surface area contributed by atoms with Crippen LogP contribution in [0.2, 0.25) is 0 Å². The predicted molar refractivity (Wildman–Crippen MR) is 63.9 cm³/mol. The first-order valence-corrected chi connectivity index (χ1v) is 6.55. The van der Waals surface area contributed by atoms with Gasteiger partial charge in [-0.15, -0.1) is 0 Å². The number of urea groups is 1. The molecule has 0 aromatic carbocycles. The van der Waals surface area contributed by atoms with E-state index in [0.717, 1.165) is 52.0 Å². The van der Waals surface area contributed by atoms with Gasteiger partial charge in [0, 0.05) is 32.9 Å². The van der Waals surface area contributed by atoms with Crippen LogP contribution in [0.15, 0.2) is 0 Å². The first kappa shape index (κ1) is 12.6. The minimum absolute atomic E-state index is 0.0769. The van der Waals surface area contributed by atoms with Gasteiger partial charge in [0.05, 0.1) is 6.10 Å². The molecule has 0 spiro atoms. The van der Waals surface area contributed by atoms with Crippen LogP contribution in [0.4, 0.5) is 4.79 Å². The summed E-state index contributed by atoms with van der Waals surface area (Å²) < 4.78 is 10.7. The van der Waals surface area contributed by atoms with Crippen LogP contribution >= 0.6 is 0 Å². The maximum Gasteiger partial charge on any atom is 0.314 e. The van der Waals surface area contributed by atoms with Gasteiger partial charge in [0.25, 0.3) is 0 Å². The maximum absolute atomic E-state index is 11.5. The molecule has 1 atom stereocenters. The lowest BCUT2D eigenvalue weighted by atomic mass is 10.0. The number of carbonyl (C=O) groups is 1. The van der Waals surface area contributed by atoms with Gasteiger partial charge in [-0.2, -0.15) is 0 Å². The van der Waals surface area contributed by atoms with Crippen LogP contribution in [-0.2, 0) is 9.47 Å². The van der Waals surface area contributed by atoms with E-state index in [-0.39, 0.29) is 12.1 Å². The SMILES string of the molecule is O=C(NCC1CCOCC1)NCC1CCCO1. The van der Waals surface area contributed by atoms with Crippen LogP contribution in [0.5, 0.6) is 0 Å². The van der Waals surface area contributed by atoms with Crippen LogP contribution in [0.1, 0.15) is 25.7 Å². The van der Waals surface area contributed by atoms with E-state index in [9.17, 15) is 4.79 Å². The van der Waals surface area contributed by atoms with Crippen LogP contribution in [0.3, 0.4) is 0 Å². The molecule has 0 bridgehead atoms. The molecule has 98 valence electrons. The zero-order chi connectivity index (χ0) is 11.9. The Hall–Kier alpha value is -0.810. The fraction of sp³-hybridized carbons (Fsp3) is 0.917. The smallest absolute Gasteiger partial charge is 0.314 e. The van der Waals surface area contributed by atoms with E-state index in [1.807, 2.05) is 0 Å². The van der Waals surface area contributed by atoms with E-state index in [2.05, 4.69) is 10.6 Å². The molecule has 2 rings (SSSR count). The van der Waals surface area contributed by atoms with Gasteiger partial charge in [0.2, 0.25) is 0 Å². The second-order valence-corrected chi connectivity index (χ2v) is 4.78. The fourth-order valence-corrected chi connectivity index (χ4v) is 2.26. The minimum atomic E-state index is -0.0769. The molecule has 5 heteroatoms. The van der Waals surface area contributed by atoms with Gasteiger partial charge in [-0.1, -0.05) is 0 Å². The van der Waals surface area contributed by atoms with Crippen molar-refractivity contribution < 1.29 is 14.3 Å². The molecule has 0 aromatic heterocycles. The van der Waals surface area contributed by atoms with Crippen molar-refractivity contribution in [2.75, 3.05) is 32.9 Å². The summed E-state index contributed by atoms with van der Waals surface area (Å²) >= 11 is 0. The highest BCUT2D eigenvalue weighted by molar-refractivity contribution is 5.73. The number of nitrogens with one attached hydrogen (secondary N) is 2. The fourth-order valence-electron chi connectivity index (χ4n) is 2.26. The van der Waals surface area contributed by atoms with Crippen LogP contribution < -0.4 is 10.6 Å². The molecule has 0 saturated carbocycles. The number of hydrogen-bond donors (Lipinski definition) is 2. The van der Waals surface area contributed by atoms with Gasteiger partial charge < -0.3 is 20.1 Å². The normalized spacial score (nSPS) is 25.8. The molecule has 2 aliphatic rings. The van der Waals surface area contributed by atoms with Crippen molar-refractivity contribution in [3.63, 3.8) is 0 Å². The summed E-state index contributed by atoms with van der Waals surface area (Å²) in [6, 6.07) is -0.0769. The summed E-state index contributed by atoms with van der Waals surface area (Å²) in [6.07, 6.45) is 4.47. The van der Waals surface area contributed by atoms with E-state index in [1.54, 1.807) is 0 Å². The molecule has 2 heterocycles. The van der Waals surface area contributed by atoms with Gasteiger partial charge in [-0.25, -0.2) is 4.79 Å². The van der Waals surface area contributed by atoms with Gasteiger partial charge in [0.1, 0.15) is 0 Å². The highest BCUT2D eigenvalue weighted by Crippen LogP contribution is 2.13. The topological polar surface area (TPSA) is 59.6 Å². The van der Waals surface area contributed by atoms with Crippen LogP contribution in [-0.4, -0.2) is 45.0 Å². The summed E-state index contributed by atoms with van der Waals surface area (Å²) in [6.45, 7) is 3.85. The van der Waals surface area contributed by atoms with Crippen molar-refractivity contribution in [3.05, 3.63) is 0 Å². The van der Waals surface area contributed by atoms with E-state index in [0.29, 0.717) is 12.5 Å². The summed E-state index contributed by atoms with van der Waals surface area (Å²) in [5.74, 6) is 0.567. The molecule has 0 aromatic rings. The molecular formula is C12H22N2O3. The Morgan fingerprint density at radius 2 is 1.82 bits per heavy atom. The lowest BCUT2D eigenvalue weighted by Gasteiger charge is -2.22. The number of ether oxygens (including phenoxy) is 2. The number of carbonyl (C=O) groups excluding carboxylic acids is 1. The van der Waals surface area contributed by atoms with Gasteiger partial charge in [-0.05, 0) is 31.6 Å². The van der Waals surface area contributed by atoms with Crippen molar-refractivity contribution in [1.29, 1.82) is 0 Å². The summed E-state index contributed by atoms with van der Waals surface area (Å²) in [5.41, 5.74) is 0. The number of rotatable bonds is 4. The highest BCUT2D eigenvalue weighted by Gasteiger charge is 2.17. The van der Waals surface area contributed by atoms with Crippen LogP contribution in [0.25, 0.3) is 0 Å². The van der Waals surface area contributed by atoms with E-state index >= 15 is 0 Å². The molecule has 0 aliphatic carbocycles. The monoisotopic (exact) mass is 242 g/mol. The summed E-state index contributed by atoms with van der Waals surface area (Å²) in [7, 11) is 0. The Balaban J connectivity index is 1.53. The molecule has 2 saturated heterocycles. The molecule has 2 amide bonds. The highest BCUT2D eigenvalue weighted by atomic mass is 16.5. The van der Waals surface area contributed by atoms with Crippen molar-refractivity contribution in [3.8, 4) is 0 Å². The molecule has 5 nitrogen and oxygen atoms in total. The Labute approximate surface area is 102 Å².